The molecule has 108 valence electrons. The Balaban J connectivity index is 2.25. The molecular formula is C12H17N5O2S. The van der Waals surface area contributed by atoms with Crippen LogP contribution in [0, 0.1) is 13.8 Å². The van der Waals surface area contributed by atoms with Crippen LogP contribution in [0.5, 0.6) is 6.01 Å². The highest BCUT2D eigenvalue weighted by Gasteiger charge is 2.13. The van der Waals surface area contributed by atoms with E-state index >= 15 is 0 Å². The molecule has 0 spiro atoms. The number of aromatic nitrogens is 4. The van der Waals surface area contributed by atoms with Gasteiger partial charge in [0.15, 0.2) is 0 Å². The second-order valence-electron chi connectivity index (χ2n) is 4.36. The number of hydrogen-bond acceptors (Lipinski definition) is 8. The van der Waals surface area contributed by atoms with Gasteiger partial charge in [0.2, 0.25) is 11.1 Å². The van der Waals surface area contributed by atoms with Crippen LogP contribution in [0.4, 0.5) is 5.95 Å². The van der Waals surface area contributed by atoms with Gasteiger partial charge in [-0.1, -0.05) is 0 Å². The maximum Gasteiger partial charge on any atom is 0.322 e. The summed E-state index contributed by atoms with van der Waals surface area (Å²) < 4.78 is 11.0. The number of anilines is 1. The van der Waals surface area contributed by atoms with Crippen LogP contribution in [0.25, 0.3) is 0 Å². The number of nitrogens with zero attached hydrogens (tertiary/aromatic N) is 4. The van der Waals surface area contributed by atoms with Crippen molar-refractivity contribution in [3.63, 3.8) is 0 Å². The third-order valence-electron chi connectivity index (χ3n) is 2.35. The van der Waals surface area contributed by atoms with Gasteiger partial charge in [0.05, 0.1) is 11.8 Å². The van der Waals surface area contributed by atoms with Crippen LogP contribution in [-0.4, -0.2) is 33.1 Å². The Morgan fingerprint density at radius 3 is 2.45 bits per heavy atom. The van der Waals surface area contributed by atoms with Crippen molar-refractivity contribution in [2.75, 3.05) is 12.4 Å². The molecule has 2 rings (SSSR count). The molecule has 0 atom stereocenters. The van der Waals surface area contributed by atoms with E-state index in [2.05, 4.69) is 25.3 Å². The molecule has 0 unspecified atom stereocenters. The molecule has 0 aliphatic heterocycles. The number of ether oxygens (including phenoxy) is 1. The monoisotopic (exact) mass is 295 g/mol. The molecule has 0 aliphatic carbocycles. The van der Waals surface area contributed by atoms with E-state index in [9.17, 15) is 0 Å². The molecule has 0 bridgehead atoms. The SMILES string of the molecule is CNc1nc(OC(C)C)nc(Sc2nc(C)c(C)o2)n1. The van der Waals surface area contributed by atoms with Crippen molar-refractivity contribution in [2.45, 2.75) is 44.2 Å². The Kier molecular flexibility index (Phi) is 4.43. The van der Waals surface area contributed by atoms with E-state index in [1.165, 1.54) is 11.8 Å². The summed E-state index contributed by atoms with van der Waals surface area (Å²) >= 11 is 1.23. The first-order chi connectivity index (χ1) is 9.47. The van der Waals surface area contributed by atoms with Gasteiger partial charge in [-0.05, 0) is 27.7 Å². The minimum atomic E-state index is -0.00816. The smallest absolute Gasteiger partial charge is 0.322 e. The number of nitrogens with one attached hydrogen (secondary N) is 1. The average Bonchev–Trinajstić information content (AvgIpc) is 2.66. The zero-order chi connectivity index (χ0) is 14.7. The average molecular weight is 295 g/mol. The lowest BCUT2D eigenvalue weighted by Crippen LogP contribution is -2.10. The molecule has 0 amide bonds. The first kappa shape index (κ1) is 14.6. The molecule has 1 N–H and O–H groups in total. The molecule has 0 radical (unpaired) electrons. The molecule has 2 aromatic heterocycles. The highest BCUT2D eigenvalue weighted by molar-refractivity contribution is 7.98. The van der Waals surface area contributed by atoms with Gasteiger partial charge >= 0.3 is 6.01 Å². The first-order valence-corrected chi connectivity index (χ1v) is 7.02. The summed E-state index contributed by atoms with van der Waals surface area (Å²) in [5.74, 6) is 1.23. The predicted molar refractivity (Wildman–Crippen MR) is 75.2 cm³/mol. The lowest BCUT2D eigenvalue weighted by Gasteiger charge is -2.09. The normalized spacial score (nSPS) is 10.9. The second-order valence-corrected chi connectivity index (χ2v) is 5.28. The van der Waals surface area contributed by atoms with Gasteiger partial charge in [-0.2, -0.15) is 15.0 Å². The maximum absolute atomic E-state index is 5.50. The number of rotatable bonds is 5. The van der Waals surface area contributed by atoms with Crippen LogP contribution in [0.2, 0.25) is 0 Å². The van der Waals surface area contributed by atoms with Gasteiger partial charge in [-0.25, -0.2) is 4.98 Å². The second kappa shape index (κ2) is 6.08. The van der Waals surface area contributed by atoms with Gasteiger partial charge in [0, 0.05) is 18.8 Å². The quantitative estimate of drug-likeness (QED) is 0.900. The van der Waals surface area contributed by atoms with Crippen molar-refractivity contribution in [2.24, 2.45) is 0 Å². The van der Waals surface area contributed by atoms with Crippen LogP contribution in [0.3, 0.4) is 0 Å². The van der Waals surface area contributed by atoms with E-state index < -0.39 is 0 Å². The van der Waals surface area contributed by atoms with E-state index in [1.807, 2.05) is 27.7 Å². The molecule has 0 saturated carbocycles. The minimum Gasteiger partial charge on any atom is -0.461 e. The minimum absolute atomic E-state index is 0.00816. The fourth-order valence-corrected chi connectivity index (χ4v) is 2.09. The summed E-state index contributed by atoms with van der Waals surface area (Å²) in [5, 5.41) is 3.85. The Bertz CT molecular complexity index is 580. The highest BCUT2D eigenvalue weighted by atomic mass is 32.2. The third-order valence-corrected chi connectivity index (χ3v) is 3.06. The molecule has 2 aromatic rings. The maximum atomic E-state index is 5.50. The van der Waals surface area contributed by atoms with Gasteiger partial charge in [-0.15, -0.1) is 0 Å². The Labute approximate surface area is 121 Å². The Morgan fingerprint density at radius 1 is 1.15 bits per heavy atom. The third kappa shape index (κ3) is 3.60. The summed E-state index contributed by atoms with van der Waals surface area (Å²) in [7, 11) is 1.74. The first-order valence-electron chi connectivity index (χ1n) is 6.20. The molecule has 0 fully saturated rings. The zero-order valence-corrected chi connectivity index (χ0v) is 12.9. The number of oxazole rings is 1. The van der Waals surface area contributed by atoms with E-state index in [-0.39, 0.29) is 12.1 Å². The summed E-state index contributed by atoms with van der Waals surface area (Å²) in [6, 6.07) is 0.279. The Hall–Kier alpha value is -1.83. The standard InChI is InChI=1S/C12H17N5O2S/c1-6(2)18-10-15-9(13-5)16-11(17-10)20-12-14-7(3)8(4)19-12/h6H,1-5H3,(H,13,15,16,17). The van der Waals surface area contributed by atoms with E-state index in [4.69, 9.17) is 9.15 Å². The van der Waals surface area contributed by atoms with Crippen LogP contribution in [-0.2, 0) is 0 Å². The molecular weight excluding hydrogens is 278 g/mol. The molecule has 8 heteroatoms. The highest BCUT2D eigenvalue weighted by Crippen LogP contribution is 2.27. The van der Waals surface area contributed by atoms with Crippen LogP contribution < -0.4 is 10.1 Å². The van der Waals surface area contributed by atoms with E-state index in [1.54, 1.807) is 7.05 Å². The van der Waals surface area contributed by atoms with E-state index in [0.717, 1.165) is 11.5 Å². The fourth-order valence-electron chi connectivity index (χ4n) is 1.32. The van der Waals surface area contributed by atoms with Crippen molar-refractivity contribution >= 4 is 17.7 Å². The van der Waals surface area contributed by atoms with Crippen LogP contribution in [0.15, 0.2) is 14.8 Å². The summed E-state index contributed by atoms with van der Waals surface area (Å²) in [6.07, 6.45) is -0.00816. The largest absolute Gasteiger partial charge is 0.461 e. The Morgan fingerprint density at radius 2 is 1.90 bits per heavy atom. The van der Waals surface area contributed by atoms with E-state index in [0.29, 0.717) is 16.3 Å². The molecule has 0 saturated heterocycles. The predicted octanol–water partition coefficient (Wildman–Crippen LogP) is 2.46. The van der Waals surface area contributed by atoms with Gasteiger partial charge in [0.25, 0.3) is 5.22 Å². The van der Waals surface area contributed by atoms with Crippen LogP contribution in [0.1, 0.15) is 25.3 Å². The number of hydrogen-bond donors (Lipinski definition) is 1. The zero-order valence-electron chi connectivity index (χ0n) is 12.1. The lowest BCUT2D eigenvalue weighted by molar-refractivity contribution is 0.219. The molecule has 2 heterocycles. The summed E-state index contributed by atoms with van der Waals surface area (Å²) in [5.41, 5.74) is 0.856. The molecule has 20 heavy (non-hydrogen) atoms. The van der Waals surface area contributed by atoms with Gasteiger partial charge in [-0.3, -0.25) is 0 Å². The van der Waals surface area contributed by atoms with Gasteiger partial charge in [0.1, 0.15) is 5.76 Å². The number of aryl methyl sites for hydroxylation is 2. The lowest BCUT2D eigenvalue weighted by atomic mass is 10.4. The van der Waals surface area contributed by atoms with Crippen molar-refractivity contribution in [1.29, 1.82) is 0 Å². The molecule has 0 aromatic carbocycles. The summed E-state index contributed by atoms with van der Waals surface area (Å²) in [6.45, 7) is 7.58. The topological polar surface area (TPSA) is 86.0 Å². The van der Waals surface area contributed by atoms with Crippen molar-refractivity contribution in [3.05, 3.63) is 11.5 Å². The van der Waals surface area contributed by atoms with Crippen LogP contribution >= 0.6 is 11.8 Å². The molecule has 7 nitrogen and oxygen atoms in total. The van der Waals surface area contributed by atoms with Crippen molar-refractivity contribution < 1.29 is 9.15 Å². The summed E-state index contributed by atoms with van der Waals surface area (Å²) in [4.78, 5) is 16.9. The van der Waals surface area contributed by atoms with Crippen molar-refractivity contribution in [3.8, 4) is 6.01 Å². The fraction of sp³-hybridized carbons (Fsp3) is 0.500. The molecule has 0 aliphatic rings. The van der Waals surface area contributed by atoms with Gasteiger partial charge < -0.3 is 14.5 Å². The van der Waals surface area contributed by atoms with Crippen molar-refractivity contribution in [1.82, 2.24) is 19.9 Å².